The van der Waals surface area contributed by atoms with E-state index in [4.69, 9.17) is 4.74 Å². The second-order valence-electron chi connectivity index (χ2n) is 8.38. The number of urea groups is 1. The lowest BCUT2D eigenvalue weighted by Gasteiger charge is -2.29. The van der Waals surface area contributed by atoms with Gasteiger partial charge >= 0.3 is 12.0 Å². The van der Waals surface area contributed by atoms with Gasteiger partial charge in [-0.15, -0.1) is 0 Å². The number of hydrogen-bond donors (Lipinski definition) is 2. The number of nitrogens with one attached hydrogen (secondary N) is 2. The monoisotopic (exact) mass is 393 g/mol. The second kappa shape index (κ2) is 8.92. The topological polar surface area (TPSA) is 105 Å². The minimum Gasteiger partial charge on any atom is -0.456 e. The quantitative estimate of drug-likeness (QED) is 0.507. The number of imide groups is 1. The number of amides is 4. The lowest BCUT2D eigenvalue weighted by molar-refractivity contribution is -0.149. The minimum atomic E-state index is -0.716. The Balaban J connectivity index is 1.34. The average Bonchev–Trinajstić information content (AvgIpc) is 3.22. The summed E-state index contributed by atoms with van der Waals surface area (Å²) < 4.78 is 5.04. The van der Waals surface area contributed by atoms with E-state index in [-0.39, 0.29) is 43.5 Å². The molecule has 28 heavy (non-hydrogen) atoms. The first kappa shape index (κ1) is 20.6. The van der Waals surface area contributed by atoms with E-state index in [1.807, 2.05) is 0 Å². The van der Waals surface area contributed by atoms with Crippen molar-refractivity contribution in [2.24, 2.45) is 5.92 Å². The fourth-order valence-corrected chi connectivity index (χ4v) is 4.58. The normalized spacial score (nSPS) is 26.4. The number of esters is 1. The summed E-state index contributed by atoms with van der Waals surface area (Å²) in [4.78, 5) is 49.7. The summed E-state index contributed by atoms with van der Waals surface area (Å²) in [6.45, 7) is 2.03. The Hall–Kier alpha value is -2.12. The summed E-state index contributed by atoms with van der Waals surface area (Å²) in [5, 5.41) is 5.76. The largest absolute Gasteiger partial charge is 0.456 e. The highest BCUT2D eigenvalue weighted by Crippen LogP contribution is 2.35. The van der Waals surface area contributed by atoms with Crippen molar-refractivity contribution in [3.8, 4) is 0 Å². The first-order valence-electron chi connectivity index (χ1n) is 10.5. The zero-order chi connectivity index (χ0) is 20.1. The van der Waals surface area contributed by atoms with Gasteiger partial charge in [0.1, 0.15) is 5.54 Å². The molecule has 1 spiro atoms. The Labute approximate surface area is 165 Å². The van der Waals surface area contributed by atoms with E-state index in [9.17, 15) is 19.2 Å². The molecule has 8 nitrogen and oxygen atoms in total. The van der Waals surface area contributed by atoms with Crippen LogP contribution in [0, 0.1) is 5.92 Å². The summed E-state index contributed by atoms with van der Waals surface area (Å²) in [5.74, 6) is -0.496. The van der Waals surface area contributed by atoms with Gasteiger partial charge in [0.25, 0.3) is 11.8 Å². The Morgan fingerprint density at radius 1 is 1.18 bits per heavy atom. The summed E-state index contributed by atoms with van der Waals surface area (Å²) >= 11 is 0. The Kier molecular flexibility index (Phi) is 6.57. The van der Waals surface area contributed by atoms with Gasteiger partial charge in [-0.1, -0.05) is 32.6 Å². The molecule has 3 fully saturated rings. The van der Waals surface area contributed by atoms with Crippen LogP contribution in [0.5, 0.6) is 0 Å². The maximum absolute atomic E-state index is 12.5. The van der Waals surface area contributed by atoms with Crippen molar-refractivity contribution in [1.82, 2.24) is 15.5 Å². The highest BCUT2D eigenvalue weighted by molar-refractivity contribution is 6.07. The van der Waals surface area contributed by atoms with E-state index in [0.717, 1.165) is 32.1 Å². The standard InChI is InChI=1S/C20H31N3O5/c1-14-7-2-3-8-15(14)21-16(24)13-28-17(25)9-6-12-23-18(26)20(22-19(23)27)10-4-5-11-20/h14-15H,2-13H2,1H3,(H,21,24)(H,22,27)/t14-,15-/m0/s1. The summed E-state index contributed by atoms with van der Waals surface area (Å²) in [6, 6.07) is -0.219. The van der Waals surface area contributed by atoms with Gasteiger partial charge < -0.3 is 15.4 Å². The molecule has 156 valence electrons. The van der Waals surface area contributed by atoms with Crippen molar-refractivity contribution in [3.63, 3.8) is 0 Å². The highest BCUT2D eigenvalue weighted by atomic mass is 16.5. The van der Waals surface area contributed by atoms with E-state index in [1.54, 1.807) is 0 Å². The molecule has 0 radical (unpaired) electrons. The fourth-order valence-electron chi connectivity index (χ4n) is 4.58. The predicted molar refractivity (Wildman–Crippen MR) is 101 cm³/mol. The van der Waals surface area contributed by atoms with Gasteiger partial charge in [-0.2, -0.15) is 0 Å². The van der Waals surface area contributed by atoms with E-state index in [1.165, 1.54) is 11.3 Å². The zero-order valence-electron chi connectivity index (χ0n) is 16.6. The van der Waals surface area contributed by atoms with E-state index >= 15 is 0 Å². The number of rotatable bonds is 7. The first-order chi connectivity index (χ1) is 13.4. The average molecular weight is 393 g/mol. The maximum Gasteiger partial charge on any atom is 0.325 e. The molecule has 2 saturated carbocycles. The number of carbonyl (C=O) groups is 4. The van der Waals surface area contributed by atoms with Gasteiger partial charge in [0, 0.05) is 19.0 Å². The van der Waals surface area contributed by atoms with Gasteiger partial charge in [0.2, 0.25) is 0 Å². The van der Waals surface area contributed by atoms with E-state index in [2.05, 4.69) is 17.6 Å². The summed E-state index contributed by atoms with van der Waals surface area (Å²) in [6.07, 6.45) is 8.02. The highest BCUT2D eigenvalue weighted by Gasteiger charge is 2.52. The van der Waals surface area contributed by atoms with Crippen LogP contribution in [-0.2, 0) is 19.1 Å². The lowest BCUT2D eigenvalue weighted by Crippen LogP contribution is -2.44. The second-order valence-corrected chi connectivity index (χ2v) is 8.38. The smallest absolute Gasteiger partial charge is 0.325 e. The van der Waals surface area contributed by atoms with Crippen molar-refractivity contribution in [3.05, 3.63) is 0 Å². The van der Waals surface area contributed by atoms with Gasteiger partial charge in [-0.3, -0.25) is 19.3 Å². The summed E-state index contributed by atoms with van der Waals surface area (Å²) in [5.41, 5.74) is -0.716. The van der Waals surface area contributed by atoms with Gasteiger partial charge in [0.05, 0.1) is 0 Å². The van der Waals surface area contributed by atoms with Gasteiger partial charge in [0.15, 0.2) is 6.61 Å². The fraction of sp³-hybridized carbons (Fsp3) is 0.800. The Bertz CT molecular complexity index is 629. The minimum absolute atomic E-state index is 0.0666. The van der Waals surface area contributed by atoms with Crippen LogP contribution in [0.15, 0.2) is 0 Å². The molecule has 3 aliphatic rings. The third-order valence-corrected chi connectivity index (χ3v) is 6.29. The molecular weight excluding hydrogens is 362 g/mol. The molecule has 2 aliphatic carbocycles. The molecule has 1 aliphatic heterocycles. The molecular formula is C20H31N3O5. The molecule has 2 atom stereocenters. The predicted octanol–water partition coefficient (Wildman–Crippen LogP) is 1.87. The van der Waals surface area contributed by atoms with Crippen LogP contribution in [0.25, 0.3) is 0 Å². The van der Waals surface area contributed by atoms with Crippen LogP contribution in [0.1, 0.15) is 71.1 Å². The molecule has 0 aromatic heterocycles. The van der Waals surface area contributed by atoms with Crippen LogP contribution in [0.3, 0.4) is 0 Å². The molecule has 8 heteroatoms. The van der Waals surface area contributed by atoms with Crippen molar-refractivity contribution in [2.45, 2.75) is 82.7 Å². The van der Waals surface area contributed by atoms with Crippen LogP contribution in [0.4, 0.5) is 4.79 Å². The van der Waals surface area contributed by atoms with Crippen molar-refractivity contribution in [1.29, 1.82) is 0 Å². The number of nitrogens with zero attached hydrogens (tertiary/aromatic N) is 1. The van der Waals surface area contributed by atoms with Crippen LogP contribution >= 0.6 is 0 Å². The van der Waals surface area contributed by atoms with Crippen LogP contribution in [-0.4, -0.2) is 53.4 Å². The number of hydrogen-bond acceptors (Lipinski definition) is 5. The molecule has 0 aromatic carbocycles. The van der Waals surface area contributed by atoms with E-state index in [0.29, 0.717) is 25.2 Å². The molecule has 3 rings (SSSR count). The zero-order valence-corrected chi connectivity index (χ0v) is 16.6. The van der Waals surface area contributed by atoms with Crippen LogP contribution < -0.4 is 10.6 Å². The Morgan fingerprint density at radius 2 is 1.89 bits per heavy atom. The van der Waals surface area contributed by atoms with Crippen molar-refractivity contribution in [2.75, 3.05) is 13.2 Å². The van der Waals surface area contributed by atoms with Gasteiger partial charge in [-0.05, 0) is 38.0 Å². The molecule has 1 saturated heterocycles. The molecule has 0 unspecified atom stereocenters. The third-order valence-electron chi connectivity index (χ3n) is 6.29. The molecule has 0 aromatic rings. The van der Waals surface area contributed by atoms with Crippen molar-refractivity contribution >= 4 is 23.8 Å². The third kappa shape index (κ3) is 4.64. The summed E-state index contributed by atoms with van der Waals surface area (Å²) in [7, 11) is 0. The maximum atomic E-state index is 12.5. The molecule has 0 bridgehead atoms. The molecule has 2 N–H and O–H groups in total. The SMILES string of the molecule is C[C@H]1CCCC[C@@H]1NC(=O)COC(=O)CCCN1C(=O)NC2(CCCC2)C1=O. The number of carbonyl (C=O) groups excluding carboxylic acids is 4. The Morgan fingerprint density at radius 3 is 2.61 bits per heavy atom. The van der Waals surface area contributed by atoms with Gasteiger partial charge in [-0.25, -0.2) is 4.79 Å². The van der Waals surface area contributed by atoms with Crippen molar-refractivity contribution < 1.29 is 23.9 Å². The van der Waals surface area contributed by atoms with Crippen LogP contribution in [0.2, 0.25) is 0 Å². The molecule has 4 amide bonds. The first-order valence-corrected chi connectivity index (χ1v) is 10.5. The lowest BCUT2D eigenvalue weighted by atomic mass is 9.86. The molecule has 1 heterocycles. The van der Waals surface area contributed by atoms with E-state index < -0.39 is 11.5 Å². The number of ether oxygens (including phenoxy) is 1.